The van der Waals surface area contributed by atoms with Crippen molar-refractivity contribution in [2.75, 3.05) is 10.6 Å². The first-order chi connectivity index (χ1) is 12.6. The molecule has 0 aromatic heterocycles. The number of carbonyl (C=O) groups excluding carboxylic acids is 1. The Labute approximate surface area is 157 Å². The third-order valence-corrected chi connectivity index (χ3v) is 5.57. The molecule has 2 aliphatic rings. The lowest BCUT2D eigenvalue weighted by Crippen LogP contribution is -2.38. The Bertz CT molecular complexity index is 590. The minimum atomic E-state index is -0.350. The number of carbonyl (C=O) groups is 1. The van der Waals surface area contributed by atoms with Crippen molar-refractivity contribution < 1.29 is 4.79 Å². The number of hydrogen-bond acceptors (Lipinski definition) is 4. The van der Waals surface area contributed by atoms with Gasteiger partial charge in [0.1, 0.15) is 0 Å². The number of anilines is 2. The molecule has 1 aromatic carbocycles. The molecule has 0 spiro atoms. The summed E-state index contributed by atoms with van der Waals surface area (Å²) in [7, 11) is 0. The molecule has 0 radical (unpaired) electrons. The van der Waals surface area contributed by atoms with Crippen LogP contribution in [0.2, 0.25) is 0 Å². The molecule has 2 saturated carbocycles. The number of hydrogen-bond donors (Lipinski definition) is 4. The maximum Gasteiger partial charge on any atom is 0.252 e. The molecule has 1 aromatic rings. The molecule has 1 unspecified atom stereocenters. The van der Waals surface area contributed by atoms with Crippen LogP contribution in [0, 0.1) is 0 Å². The van der Waals surface area contributed by atoms with Gasteiger partial charge in [0.2, 0.25) is 0 Å². The van der Waals surface area contributed by atoms with Crippen molar-refractivity contribution in [3.8, 4) is 0 Å². The van der Waals surface area contributed by atoms with Crippen LogP contribution in [0.15, 0.2) is 18.2 Å². The normalized spacial score (nSPS) is 20.4. The second-order valence-electron chi connectivity index (χ2n) is 7.98. The number of rotatable bonds is 6. The monoisotopic (exact) mass is 358 g/mol. The van der Waals surface area contributed by atoms with Crippen molar-refractivity contribution in [2.45, 2.75) is 89.4 Å². The highest BCUT2D eigenvalue weighted by Gasteiger charge is 2.19. The Morgan fingerprint density at radius 3 is 2.00 bits per heavy atom. The fraction of sp³-hybridized carbons (Fsp3) is 0.667. The third-order valence-electron chi connectivity index (χ3n) is 5.57. The maximum absolute atomic E-state index is 12.4. The molecular formula is C21H34N4O. The number of nitrogens with one attached hydrogen (secondary N) is 3. The van der Waals surface area contributed by atoms with Gasteiger partial charge in [-0.25, -0.2) is 0 Å². The van der Waals surface area contributed by atoms with Crippen molar-refractivity contribution >= 4 is 17.3 Å². The lowest BCUT2D eigenvalue weighted by atomic mass is 9.94. The minimum absolute atomic E-state index is 0.115. The number of nitrogens with two attached hydrogens (primary N) is 1. The van der Waals surface area contributed by atoms with Gasteiger partial charge in [0.05, 0.1) is 17.5 Å². The van der Waals surface area contributed by atoms with Crippen LogP contribution in [0.1, 0.15) is 81.5 Å². The summed E-state index contributed by atoms with van der Waals surface area (Å²) in [6.45, 7) is 1.78. The van der Waals surface area contributed by atoms with Gasteiger partial charge in [-0.3, -0.25) is 4.79 Å². The molecule has 1 amide bonds. The van der Waals surface area contributed by atoms with E-state index in [1.807, 2.05) is 12.1 Å². The van der Waals surface area contributed by atoms with Crippen LogP contribution >= 0.6 is 0 Å². The highest BCUT2D eigenvalue weighted by atomic mass is 16.1. The van der Waals surface area contributed by atoms with E-state index in [2.05, 4.69) is 22.0 Å². The Hall–Kier alpha value is -1.75. The van der Waals surface area contributed by atoms with Crippen molar-refractivity contribution in [3.05, 3.63) is 23.8 Å². The molecule has 2 aliphatic carbocycles. The second kappa shape index (κ2) is 9.26. The lowest BCUT2D eigenvalue weighted by molar-refractivity contribution is 0.0941. The van der Waals surface area contributed by atoms with E-state index in [9.17, 15) is 4.79 Å². The highest BCUT2D eigenvalue weighted by Crippen LogP contribution is 2.30. The SMILES string of the molecule is CC(N)NC(=O)c1ccc(NC2CCCCC2)c(NC2CCCCC2)c1. The van der Waals surface area contributed by atoms with Crippen LogP contribution in [0.25, 0.3) is 0 Å². The molecule has 5 nitrogen and oxygen atoms in total. The topological polar surface area (TPSA) is 79.2 Å². The Morgan fingerprint density at radius 1 is 0.923 bits per heavy atom. The smallest absolute Gasteiger partial charge is 0.252 e. The van der Waals surface area contributed by atoms with Gasteiger partial charge in [0.25, 0.3) is 5.91 Å². The van der Waals surface area contributed by atoms with Crippen molar-refractivity contribution in [3.63, 3.8) is 0 Å². The van der Waals surface area contributed by atoms with E-state index < -0.39 is 0 Å². The fourth-order valence-electron chi connectivity index (χ4n) is 4.15. The van der Waals surface area contributed by atoms with Gasteiger partial charge in [0.15, 0.2) is 0 Å². The first-order valence-electron chi connectivity index (χ1n) is 10.4. The van der Waals surface area contributed by atoms with Gasteiger partial charge in [-0.05, 0) is 50.8 Å². The molecule has 3 rings (SSSR count). The van der Waals surface area contributed by atoms with Crippen molar-refractivity contribution in [2.24, 2.45) is 5.73 Å². The van der Waals surface area contributed by atoms with Gasteiger partial charge >= 0.3 is 0 Å². The quantitative estimate of drug-likeness (QED) is 0.574. The molecule has 0 bridgehead atoms. The van der Waals surface area contributed by atoms with E-state index in [0.29, 0.717) is 17.6 Å². The molecule has 5 N–H and O–H groups in total. The average molecular weight is 359 g/mol. The van der Waals surface area contributed by atoms with E-state index in [4.69, 9.17) is 5.73 Å². The van der Waals surface area contributed by atoms with Crippen LogP contribution in [-0.4, -0.2) is 24.2 Å². The lowest BCUT2D eigenvalue weighted by Gasteiger charge is -2.28. The summed E-state index contributed by atoms with van der Waals surface area (Å²) in [5.41, 5.74) is 8.55. The van der Waals surface area contributed by atoms with E-state index in [1.54, 1.807) is 6.92 Å². The Kier molecular flexibility index (Phi) is 6.78. The average Bonchev–Trinajstić information content (AvgIpc) is 2.64. The van der Waals surface area contributed by atoms with E-state index in [-0.39, 0.29) is 12.1 Å². The highest BCUT2D eigenvalue weighted by molar-refractivity contribution is 5.96. The zero-order chi connectivity index (χ0) is 18.4. The predicted molar refractivity (Wildman–Crippen MR) is 109 cm³/mol. The maximum atomic E-state index is 12.4. The zero-order valence-electron chi connectivity index (χ0n) is 16.0. The van der Waals surface area contributed by atoms with E-state index in [0.717, 1.165) is 11.4 Å². The van der Waals surface area contributed by atoms with E-state index in [1.165, 1.54) is 64.2 Å². The summed E-state index contributed by atoms with van der Waals surface area (Å²) in [4.78, 5) is 12.4. The van der Waals surface area contributed by atoms with Crippen molar-refractivity contribution in [1.29, 1.82) is 0 Å². The molecule has 0 heterocycles. The standard InChI is InChI=1S/C21H34N4O/c1-15(22)23-21(26)16-12-13-19(24-17-8-4-2-5-9-17)20(14-16)25-18-10-6-3-7-11-18/h12-15,17-18,24-25H,2-11,22H2,1H3,(H,23,26). The van der Waals surface area contributed by atoms with Crippen LogP contribution in [0.3, 0.4) is 0 Å². The molecule has 2 fully saturated rings. The van der Waals surface area contributed by atoms with Crippen molar-refractivity contribution in [1.82, 2.24) is 5.32 Å². The zero-order valence-corrected chi connectivity index (χ0v) is 16.0. The summed E-state index contributed by atoms with van der Waals surface area (Å²) in [6.07, 6.45) is 12.4. The summed E-state index contributed by atoms with van der Waals surface area (Å²) in [5.74, 6) is -0.115. The summed E-state index contributed by atoms with van der Waals surface area (Å²) >= 11 is 0. The molecule has 26 heavy (non-hydrogen) atoms. The minimum Gasteiger partial charge on any atom is -0.381 e. The number of benzene rings is 1. The Morgan fingerprint density at radius 2 is 1.46 bits per heavy atom. The third kappa shape index (κ3) is 5.37. The van der Waals surface area contributed by atoms with Gasteiger partial charge < -0.3 is 21.7 Å². The van der Waals surface area contributed by atoms with Gasteiger partial charge in [-0.2, -0.15) is 0 Å². The van der Waals surface area contributed by atoms with Crippen LogP contribution in [0.5, 0.6) is 0 Å². The van der Waals surface area contributed by atoms with Crippen LogP contribution in [-0.2, 0) is 0 Å². The summed E-state index contributed by atoms with van der Waals surface area (Å²) < 4.78 is 0. The Balaban J connectivity index is 1.77. The summed E-state index contributed by atoms with van der Waals surface area (Å²) in [6, 6.07) is 6.98. The van der Waals surface area contributed by atoms with Gasteiger partial charge in [-0.1, -0.05) is 38.5 Å². The summed E-state index contributed by atoms with van der Waals surface area (Å²) in [5, 5.41) is 10.2. The molecule has 0 saturated heterocycles. The fourth-order valence-corrected chi connectivity index (χ4v) is 4.15. The molecule has 1 atom stereocenters. The molecule has 144 valence electrons. The second-order valence-corrected chi connectivity index (χ2v) is 7.98. The first kappa shape index (κ1) is 19.0. The molecule has 0 aliphatic heterocycles. The predicted octanol–water partition coefficient (Wildman–Crippen LogP) is 4.21. The van der Waals surface area contributed by atoms with Crippen LogP contribution in [0.4, 0.5) is 11.4 Å². The molecular weight excluding hydrogens is 324 g/mol. The molecule has 5 heteroatoms. The van der Waals surface area contributed by atoms with Gasteiger partial charge in [-0.15, -0.1) is 0 Å². The first-order valence-corrected chi connectivity index (χ1v) is 10.4. The van der Waals surface area contributed by atoms with Crippen LogP contribution < -0.4 is 21.7 Å². The van der Waals surface area contributed by atoms with Gasteiger partial charge in [0, 0.05) is 17.6 Å². The largest absolute Gasteiger partial charge is 0.381 e. The number of amides is 1. The van der Waals surface area contributed by atoms with E-state index >= 15 is 0 Å².